The molecule has 13 heteroatoms. The molecule has 2 aromatic rings. The van der Waals surface area contributed by atoms with E-state index >= 15 is 8.78 Å². The van der Waals surface area contributed by atoms with Crippen LogP contribution in [0.2, 0.25) is 0 Å². The van der Waals surface area contributed by atoms with Crippen LogP contribution in [0.15, 0.2) is 41.6 Å². The molecule has 0 radical (unpaired) electrons. The third-order valence-electron chi connectivity index (χ3n) is 6.60. The molecule has 4 rings (SSSR count). The van der Waals surface area contributed by atoms with Gasteiger partial charge in [-0.3, -0.25) is 19.7 Å². The SMILES string of the molecule is Cl.Cn1cc(S(=O)(=O)N2CCN(C3(C(F)(F)NC(=O)c4ccccc4)CCCCC3)CC2)nn1. The van der Waals surface area contributed by atoms with Gasteiger partial charge in [0, 0.05) is 38.8 Å². The number of carbonyl (C=O) groups excluding carboxylic acids is 1. The molecule has 0 atom stereocenters. The first kappa shape index (κ1) is 26.5. The summed E-state index contributed by atoms with van der Waals surface area (Å²) in [5.41, 5.74) is -1.39. The first-order valence-electron chi connectivity index (χ1n) is 11.0. The molecule has 2 heterocycles. The van der Waals surface area contributed by atoms with Gasteiger partial charge in [-0.2, -0.15) is 13.1 Å². The minimum atomic E-state index is -3.85. The molecule has 1 saturated carbocycles. The Morgan fingerprint density at radius 2 is 1.68 bits per heavy atom. The van der Waals surface area contributed by atoms with Crippen LogP contribution in [0.5, 0.6) is 0 Å². The van der Waals surface area contributed by atoms with E-state index in [1.807, 2.05) is 5.32 Å². The number of aromatic nitrogens is 3. The minimum absolute atomic E-state index is 0. The van der Waals surface area contributed by atoms with Crippen molar-refractivity contribution in [2.24, 2.45) is 7.05 Å². The highest BCUT2D eigenvalue weighted by atomic mass is 35.5. The Kier molecular flexibility index (Phi) is 7.96. The molecule has 1 saturated heterocycles. The molecule has 2 fully saturated rings. The number of carbonyl (C=O) groups is 1. The van der Waals surface area contributed by atoms with Crippen molar-refractivity contribution in [2.75, 3.05) is 26.2 Å². The van der Waals surface area contributed by atoms with Gasteiger partial charge in [-0.25, -0.2) is 8.42 Å². The molecule has 1 N–H and O–H groups in total. The summed E-state index contributed by atoms with van der Waals surface area (Å²) < 4.78 is 59.8. The van der Waals surface area contributed by atoms with Crippen LogP contribution in [0, 0.1) is 0 Å². The molecule has 1 aromatic heterocycles. The van der Waals surface area contributed by atoms with Gasteiger partial charge < -0.3 is 0 Å². The first-order chi connectivity index (χ1) is 15.7. The number of aryl methyl sites for hydroxylation is 1. The quantitative estimate of drug-likeness (QED) is 0.589. The molecule has 9 nitrogen and oxygen atoms in total. The van der Waals surface area contributed by atoms with Gasteiger partial charge in [0.15, 0.2) is 0 Å². The van der Waals surface area contributed by atoms with E-state index in [2.05, 4.69) is 10.3 Å². The molecular weight excluding hydrogens is 490 g/mol. The van der Waals surface area contributed by atoms with Crippen molar-refractivity contribution in [3.05, 3.63) is 42.1 Å². The summed E-state index contributed by atoms with van der Waals surface area (Å²) in [5.74, 6) is -0.825. The molecular formula is C21H29ClF2N6O3S. The molecule has 1 aliphatic carbocycles. The summed E-state index contributed by atoms with van der Waals surface area (Å²) in [7, 11) is -2.28. The molecule has 0 spiro atoms. The maximum absolute atomic E-state index is 15.8. The molecule has 1 aromatic carbocycles. The second kappa shape index (κ2) is 10.2. The lowest BCUT2D eigenvalue weighted by Crippen LogP contribution is -2.70. The van der Waals surface area contributed by atoms with E-state index in [-0.39, 0.29) is 62.0 Å². The Labute approximate surface area is 203 Å². The zero-order valence-electron chi connectivity index (χ0n) is 18.9. The fourth-order valence-electron chi connectivity index (χ4n) is 4.82. The van der Waals surface area contributed by atoms with Gasteiger partial charge in [0.1, 0.15) is 5.54 Å². The highest BCUT2D eigenvalue weighted by molar-refractivity contribution is 7.89. The third kappa shape index (κ3) is 4.95. The van der Waals surface area contributed by atoms with Gasteiger partial charge >= 0.3 is 6.05 Å². The molecule has 34 heavy (non-hydrogen) atoms. The van der Waals surface area contributed by atoms with Crippen molar-refractivity contribution in [1.82, 2.24) is 29.5 Å². The molecule has 1 amide bonds. The number of amides is 1. The summed E-state index contributed by atoms with van der Waals surface area (Å²) in [4.78, 5) is 14.2. The Bertz CT molecular complexity index is 1080. The van der Waals surface area contributed by atoms with Crippen LogP contribution in [0.3, 0.4) is 0 Å². The van der Waals surface area contributed by atoms with Crippen molar-refractivity contribution >= 4 is 28.3 Å². The van der Waals surface area contributed by atoms with E-state index in [1.165, 1.54) is 27.3 Å². The number of halogens is 3. The second-order valence-electron chi connectivity index (χ2n) is 8.61. The monoisotopic (exact) mass is 518 g/mol. The zero-order chi connectivity index (χ0) is 23.7. The smallest absolute Gasteiger partial charge is 0.292 e. The van der Waals surface area contributed by atoms with Crippen LogP contribution in [0.1, 0.15) is 42.5 Å². The zero-order valence-corrected chi connectivity index (χ0v) is 20.5. The normalized spacial score (nSPS) is 19.9. The van der Waals surface area contributed by atoms with Crippen LogP contribution in [0.25, 0.3) is 0 Å². The maximum Gasteiger partial charge on any atom is 0.343 e. The minimum Gasteiger partial charge on any atom is -0.292 e. The Morgan fingerprint density at radius 1 is 1.06 bits per heavy atom. The van der Waals surface area contributed by atoms with Crippen molar-refractivity contribution in [2.45, 2.75) is 48.7 Å². The second-order valence-corrected chi connectivity index (χ2v) is 10.5. The van der Waals surface area contributed by atoms with E-state index in [4.69, 9.17) is 0 Å². The predicted molar refractivity (Wildman–Crippen MR) is 123 cm³/mol. The predicted octanol–water partition coefficient (Wildman–Crippen LogP) is 2.27. The van der Waals surface area contributed by atoms with Gasteiger partial charge in [0.2, 0.25) is 5.03 Å². The topological polar surface area (TPSA) is 100 Å². The van der Waals surface area contributed by atoms with Gasteiger partial charge in [-0.15, -0.1) is 17.5 Å². The van der Waals surface area contributed by atoms with E-state index < -0.39 is 27.5 Å². The van der Waals surface area contributed by atoms with E-state index in [1.54, 1.807) is 30.1 Å². The number of benzene rings is 1. The lowest BCUT2D eigenvalue weighted by molar-refractivity contribution is -0.178. The molecule has 188 valence electrons. The van der Waals surface area contributed by atoms with Crippen LogP contribution >= 0.6 is 12.4 Å². The summed E-state index contributed by atoms with van der Waals surface area (Å²) in [6.07, 6.45) is 3.87. The number of nitrogens with one attached hydrogen (secondary N) is 1. The van der Waals surface area contributed by atoms with Crippen molar-refractivity contribution in [3.8, 4) is 0 Å². The molecule has 0 bridgehead atoms. The average molecular weight is 519 g/mol. The number of sulfonamides is 1. The molecule has 2 aliphatic rings. The van der Waals surface area contributed by atoms with Gasteiger partial charge in [-0.05, 0) is 25.0 Å². The van der Waals surface area contributed by atoms with E-state index in [0.29, 0.717) is 12.8 Å². The van der Waals surface area contributed by atoms with Crippen LogP contribution < -0.4 is 5.32 Å². The number of rotatable bonds is 6. The van der Waals surface area contributed by atoms with Crippen LogP contribution in [-0.2, 0) is 17.1 Å². The Morgan fingerprint density at radius 3 is 2.24 bits per heavy atom. The lowest BCUT2D eigenvalue weighted by Gasteiger charge is -2.52. The Hall–Kier alpha value is -2.15. The third-order valence-corrected chi connectivity index (χ3v) is 8.36. The molecule has 1 aliphatic heterocycles. The lowest BCUT2D eigenvalue weighted by atomic mass is 9.77. The molecule has 0 unspecified atom stereocenters. The fourth-order valence-corrected chi connectivity index (χ4v) is 6.15. The highest BCUT2D eigenvalue weighted by Crippen LogP contribution is 2.44. The summed E-state index contributed by atoms with van der Waals surface area (Å²) in [6.45, 7) is 0.388. The standard InChI is InChI=1S/C21H28F2N6O3S.ClH/c1-27-16-18(25-26-27)33(31,32)29-14-12-28(13-15-29)20(10-6-3-7-11-20)21(22,23)24-19(30)17-8-4-2-5-9-17;/h2,4-5,8-9,16H,3,6-7,10-15H2,1H3,(H,24,30);1H. The van der Waals surface area contributed by atoms with Crippen LogP contribution in [-0.4, -0.2) is 76.3 Å². The fraction of sp³-hybridized carbons (Fsp3) is 0.571. The van der Waals surface area contributed by atoms with Crippen molar-refractivity contribution < 1.29 is 22.0 Å². The van der Waals surface area contributed by atoms with Crippen molar-refractivity contribution in [3.63, 3.8) is 0 Å². The van der Waals surface area contributed by atoms with Gasteiger partial charge in [0.25, 0.3) is 15.9 Å². The van der Waals surface area contributed by atoms with Crippen molar-refractivity contribution in [1.29, 1.82) is 0 Å². The summed E-state index contributed by atoms with van der Waals surface area (Å²) in [5, 5.41) is 9.18. The number of alkyl halides is 2. The van der Waals surface area contributed by atoms with Gasteiger partial charge in [0.05, 0.1) is 6.20 Å². The maximum atomic E-state index is 15.8. The summed E-state index contributed by atoms with van der Waals surface area (Å²) >= 11 is 0. The largest absolute Gasteiger partial charge is 0.343 e. The number of nitrogens with zero attached hydrogens (tertiary/aromatic N) is 5. The number of piperazine rings is 1. The van der Waals surface area contributed by atoms with E-state index in [0.717, 1.165) is 6.42 Å². The first-order valence-corrected chi connectivity index (χ1v) is 12.5. The number of hydrogen-bond acceptors (Lipinski definition) is 6. The van der Waals surface area contributed by atoms with Gasteiger partial charge in [-0.1, -0.05) is 42.7 Å². The van der Waals surface area contributed by atoms with Crippen LogP contribution in [0.4, 0.5) is 8.78 Å². The van der Waals surface area contributed by atoms with E-state index in [9.17, 15) is 13.2 Å². The highest BCUT2D eigenvalue weighted by Gasteiger charge is 2.58. The Balaban J connectivity index is 0.00000324. The summed E-state index contributed by atoms with van der Waals surface area (Å²) in [6, 6.07) is 4.48. The average Bonchev–Trinajstić information content (AvgIpc) is 3.27. The number of hydrogen-bond donors (Lipinski definition) is 1.